The molecule has 2 atom stereocenters. The lowest BCUT2D eigenvalue weighted by molar-refractivity contribution is 0.146. The number of para-hydroxylation sites is 1. The zero-order valence-electron chi connectivity index (χ0n) is 11.8. The summed E-state index contributed by atoms with van der Waals surface area (Å²) in [5.74, 6) is 2.09. The Morgan fingerprint density at radius 3 is 2.85 bits per heavy atom. The van der Waals surface area contributed by atoms with Crippen LogP contribution >= 0.6 is 0 Å². The molecule has 1 aliphatic carbocycles. The maximum absolute atomic E-state index is 9.77. The minimum Gasteiger partial charge on any atom is -0.493 e. The van der Waals surface area contributed by atoms with E-state index in [-0.39, 0.29) is 6.10 Å². The van der Waals surface area contributed by atoms with E-state index in [1.165, 1.54) is 18.4 Å². The molecule has 20 heavy (non-hydrogen) atoms. The molecular formula is C16H24N2O2. The van der Waals surface area contributed by atoms with Gasteiger partial charge in [-0.05, 0) is 24.8 Å². The van der Waals surface area contributed by atoms with Crippen LogP contribution in [0.4, 0.5) is 0 Å². The largest absolute Gasteiger partial charge is 0.493 e. The minimum absolute atomic E-state index is 0.219. The van der Waals surface area contributed by atoms with Gasteiger partial charge in [-0.2, -0.15) is 0 Å². The second-order valence-electron chi connectivity index (χ2n) is 5.98. The third kappa shape index (κ3) is 3.72. The summed E-state index contributed by atoms with van der Waals surface area (Å²) in [5, 5.41) is 16.4. The van der Waals surface area contributed by atoms with Crippen LogP contribution in [0.25, 0.3) is 0 Å². The highest BCUT2D eigenvalue weighted by Crippen LogP contribution is 2.30. The molecule has 1 heterocycles. The lowest BCUT2D eigenvalue weighted by atomic mass is 10.1. The molecule has 1 saturated heterocycles. The number of hydrogen-bond acceptors (Lipinski definition) is 4. The third-order valence-corrected chi connectivity index (χ3v) is 4.17. The van der Waals surface area contributed by atoms with Crippen molar-refractivity contribution < 1.29 is 9.84 Å². The fraction of sp³-hybridized carbons (Fsp3) is 0.625. The maximum atomic E-state index is 9.77. The second kappa shape index (κ2) is 6.57. The molecule has 1 aromatic carbocycles. The van der Waals surface area contributed by atoms with Gasteiger partial charge in [-0.15, -0.1) is 0 Å². The smallest absolute Gasteiger partial charge is 0.123 e. The predicted octanol–water partition coefficient (Wildman–Crippen LogP) is 1.15. The molecule has 1 saturated carbocycles. The van der Waals surface area contributed by atoms with Gasteiger partial charge in [0, 0.05) is 37.7 Å². The fourth-order valence-electron chi connectivity index (χ4n) is 2.60. The molecule has 1 aliphatic heterocycles. The predicted molar refractivity (Wildman–Crippen MR) is 78.7 cm³/mol. The number of aliphatic hydroxyl groups excluding tert-OH is 1. The van der Waals surface area contributed by atoms with E-state index in [1.807, 2.05) is 18.2 Å². The van der Waals surface area contributed by atoms with Crippen LogP contribution in [-0.4, -0.2) is 37.5 Å². The molecule has 0 radical (unpaired) electrons. The van der Waals surface area contributed by atoms with E-state index in [9.17, 15) is 5.11 Å². The first-order valence-electron chi connectivity index (χ1n) is 7.63. The molecule has 2 fully saturated rings. The van der Waals surface area contributed by atoms with Gasteiger partial charge in [0.1, 0.15) is 5.75 Å². The quantitative estimate of drug-likeness (QED) is 0.699. The van der Waals surface area contributed by atoms with Crippen molar-refractivity contribution in [2.45, 2.75) is 25.5 Å². The molecule has 3 N–H and O–H groups in total. The van der Waals surface area contributed by atoms with Crippen LogP contribution in [0.1, 0.15) is 18.4 Å². The van der Waals surface area contributed by atoms with Crippen LogP contribution in [0.5, 0.6) is 5.75 Å². The van der Waals surface area contributed by atoms with Gasteiger partial charge < -0.3 is 20.5 Å². The molecule has 0 aromatic heterocycles. The summed E-state index contributed by atoms with van der Waals surface area (Å²) in [6, 6.07) is 8.23. The lowest BCUT2D eigenvalue weighted by Gasteiger charge is -2.16. The summed E-state index contributed by atoms with van der Waals surface area (Å²) >= 11 is 0. The molecule has 110 valence electrons. The first-order chi connectivity index (χ1) is 9.83. The Kier molecular flexibility index (Phi) is 4.55. The van der Waals surface area contributed by atoms with Gasteiger partial charge in [0.05, 0.1) is 12.7 Å². The second-order valence-corrected chi connectivity index (χ2v) is 5.98. The van der Waals surface area contributed by atoms with Crippen LogP contribution < -0.4 is 15.4 Å². The van der Waals surface area contributed by atoms with Crippen LogP contribution in [0.2, 0.25) is 0 Å². The molecule has 4 nitrogen and oxygen atoms in total. The molecule has 3 rings (SSSR count). The van der Waals surface area contributed by atoms with Crippen molar-refractivity contribution in [1.29, 1.82) is 0 Å². The van der Waals surface area contributed by atoms with E-state index >= 15 is 0 Å². The molecule has 0 bridgehead atoms. The van der Waals surface area contributed by atoms with Gasteiger partial charge in [0.2, 0.25) is 0 Å². The van der Waals surface area contributed by atoms with Crippen molar-refractivity contribution in [1.82, 2.24) is 10.6 Å². The molecule has 0 amide bonds. The van der Waals surface area contributed by atoms with Crippen molar-refractivity contribution in [2.24, 2.45) is 11.8 Å². The summed E-state index contributed by atoms with van der Waals surface area (Å²) in [6.07, 6.45) is 2.41. The highest BCUT2D eigenvalue weighted by molar-refractivity contribution is 5.33. The van der Waals surface area contributed by atoms with Crippen molar-refractivity contribution >= 4 is 0 Å². The number of benzene rings is 1. The summed E-state index contributed by atoms with van der Waals surface area (Å²) in [4.78, 5) is 0. The summed E-state index contributed by atoms with van der Waals surface area (Å²) < 4.78 is 5.90. The van der Waals surface area contributed by atoms with Crippen LogP contribution in [0.15, 0.2) is 24.3 Å². The van der Waals surface area contributed by atoms with Crippen molar-refractivity contribution in [2.75, 3.05) is 26.2 Å². The van der Waals surface area contributed by atoms with Gasteiger partial charge in [0.15, 0.2) is 0 Å². The molecule has 2 unspecified atom stereocenters. The first kappa shape index (κ1) is 13.9. The van der Waals surface area contributed by atoms with Crippen LogP contribution in [0.3, 0.4) is 0 Å². The Morgan fingerprint density at radius 2 is 2.10 bits per heavy atom. The van der Waals surface area contributed by atoms with Gasteiger partial charge in [-0.25, -0.2) is 0 Å². The highest BCUT2D eigenvalue weighted by atomic mass is 16.5. The van der Waals surface area contributed by atoms with Gasteiger partial charge in [0.25, 0.3) is 0 Å². The number of nitrogens with one attached hydrogen (secondary N) is 2. The summed E-state index contributed by atoms with van der Waals surface area (Å²) in [5.41, 5.74) is 1.20. The zero-order valence-corrected chi connectivity index (χ0v) is 11.8. The summed E-state index contributed by atoms with van der Waals surface area (Å²) in [6.45, 7) is 4.10. The Morgan fingerprint density at radius 1 is 1.25 bits per heavy atom. The molecular weight excluding hydrogens is 252 g/mol. The summed E-state index contributed by atoms with van der Waals surface area (Å²) in [7, 11) is 0. The topological polar surface area (TPSA) is 53.5 Å². The van der Waals surface area contributed by atoms with Crippen molar-refractivity contribution in [3.63, 3.8) is 0 Å². The van der Waals surface area contributed by atoms with Crippen molar-refractivity contribution in [3.8, 4) is 5.75 Å². The Hall–Kier alpha value is -1.10. The molecule has 2 aliphatic rings. The minimum atomic E-state index is -0.219. The van der Waals surface area contributed by atoms with E-state index in [0.29, 0.717) is 12.5 Å². The average molecular weight is 276 g/mol. The van der Waals surface area contributed by atoms with Crippen LogP contribution in [0, 0.1) is 11.8 Å². The normalized spacial score (nSPS) is 25.9. The molecule has 1 aromatic rings. The SMILES string of the molecule is OC1CNCC1CNCc1ccccc1OCC1CC1. The Labute approximate surface area is 120 Å². The first-order valence-corrected chi connectivity index (χ1v) is 7.63. The number of ether oxygens (including phenoxy) is 1. The number of hydrogen-bond donors (Lipinski definition) is 3. The standard InChI is InChI=1S/C16H24N2O2/c19-15-10-18-9-14(15)8-17-7-13-3-1-2-4-16(13)20-11-12-5-6-12/h1-4,12,14-15,17-19H,5-11H2. The Bertz CT molecular complexity index is 434. The van der Waals surface area contributed by atoms with E-state index < -0.39 is 0 Å². The highest BCUT2D eigenvalue weighted by Gasteiger charge is 2.24. The lowest BCUT2D eigenvalue weighted by Crippen LogP contribution is -2.30. The third-order valence-electron chi connectivity index (χ3n) is 4.17. The number of β-amino-alcohol motifs (C(OH)–C–C–N with tert-alkyl or cyclic N) is 1. The number of rotatable bonds is 7. The van der Waals surface area contributed by atoms with E-state index in [4.69, 9.17) is 4.74 Å². The maximum Gasteiger partial charge on any atom is 0.123 e. The van der Waals surface area contributed by atoms with E-state index in [2.05, 4.69) is 16.7 Å². The monoisotopic (exact) mass is 276 g/mol. The van der Waals surface area contributed by atoms with E-state index in [1.54, 1.807) is 0 Å². The molecule has 0 spiro atoms. The van der Waals surface area contributed by atoms with Gasteiger partial charge in [-0.3, -0.25) is 0 Å². The van der Waals surface area contributed by atoms with Crippen molar-refractivity contribution in [3.05, 3.63) is 29.8 Å². The zero-order chi connectivity index (χ0) is 13.8. The Balaban J connectivity index is 1.48. The van der Waals surface area contributed by atoms with E-state index in [0.717, 1.165) is 37.9 Å². The van der Waals surface area contributed by atoms with Crippen LogP contribution in [-0.2, 0) is 6.54 Å². The van der Waals surface area contributed by atoms with Gasteiger partial charge >= 0.3 is 0 Å². The van der Waals surface area contributed by atoms with Gasteiger partial charge in [-0.1, -0.05) is 18.2 Å². The fourth-order valence-corrected chi connectivity index (χ4v) is 2.60. The number of aliphatic hydroxyl groups is 1. The molecule has 4 heteroatoms. The average Bonchev–Trinajstić information content (AvgIpc) is 3.21.